The standard InChI is InChI=1S/C20H19N5O2.C7H12O.C5H12.C2H6/c1-21-12-15-9-14-6-5-13(8-16(14)23-15)11-22-20(27)17-10-19(26)25-7-3-2-4-18(25)24-17;1-6-2-4-7(8)5-3-6;1-3-5-4-2;1-2/h2-10,21,23H,11-12H2,1H3,(H,22,27);2,4,6-8H,3,5H2,1H3;3-5H2,1-2H3;1-2H3/t;6-,7+;;/m.1../s1. The molecule has 0 fully saturated rings. The summed E-state index contributed by atoms with van der Waals surface area (Å²) in [5.41, 5.74) is 3.37. The third-order valence-corrected chi connectivity index (χ3v) is 6.65. The van der Waals surface area contributed by atoms with Gasteiger partial charge in [-0.05, 0) is 61.0 Å². The number of pyridine rings is 1. The lowest BCUT2D eigenvalue weighted by Crippen LogP contribution is -2.26. The number of unbranched alkanes of at least 4 members (excludes halogenated alkanes) is 2. The fourth-order valence-corrected chi connectivity index (χ4v) is 4.37. The van der Waals surface area contributed by atoms with Crippen molar-refractivity contribution < 1.29 is 9.90 Å². The largest absolute Gasteiger partial charge is 0.389 e. The van der Waals surface area contributed by atoms with Crippen LogP contribution in [0, 0.1) is 5.92 Å². The van der Waals surface area contributed by atoms with Crippen molar-refractivity contribution in [1.82, 2.24) is 25.0 Å². The molecule has 0 aliphatic heterocycles. The predicted molar refractivity (Wildman–Crippen MR) is 174 cm³/mol. The van der Waals surface area contributed by atoms with Crippen LogP contribution >= 0.6 is 0 Å². The molecule has 0 saturated carbocycles. The van der Waals surface area contributed by atoms with Gasteiger partial charge in [0.1, 0.15) is 11.3 Å². The van der Waals surface area contributed by atoms with Gasteiger partial charge in [0.25, 0.3) is 11.5 Å². The molecule has 0 spiro atoms. The molecule has 3 aromatic heterocycles. The number of nitrogens with zero attached hydrogens (tertiary/aromatic N) is 2. The number of rotatable bonds is 7. The van der Waals surface area contributed by atoms with Crippen LogP contribution in [-0.4, -0.2) is 38.5 Å². The van der Waals surface area contributed by atoms with Crippen molar-refractivity contribution in [3.05, 3.63) is 94.2 Å². The van der Waals surface area contributed by atoms with Gasteiger partial charge >= 0.3 is 0 Å². The van der Waals surface area contributed by atoms with E-state index in [-0.39, 0.29) is 23.3 Å². The highest BCUT2D eigenvalue weighted by Crippen LogP contribution is 2.17. The number of hydrogen-bond acceptors (Lipinski definition) is 5. The van der Waals surface area contributed by atoms with Crippen molar-refractivity contribution in [2.24, 2.45) is 5.92 Å². The van der Waals surface area contributed by atoms with Gasteiger partial charge in [-0.15, -0.1) is 0 Å². The number of H-pyrrole nitrogens is 1. The number of allylic oxidation sites excluding steroid dienone is 1. The Hall–Kier alpha value is -3.75. The summed E-state index contributed by atoms with van der Waals surface area (Å²) in [6, 6.07) is 14.6. The topological polar surface area (TPSA) is 112 Å². The highest BCUT2D eigenvalue weighted by Gasteiger charge is 2.11. The number of aromatic nitrogens is 3. The van der Waals surface area contributed by atoms with E-state index in [1.165, 1.54) is 29.7 Å². The Bertz CT molecular complexity index is 1440. The van der Waals surface area contributed by atoms with Crippen molar-refractivity contribution in [2.75, 3.05) is 7.05 Å². The summed E-state index contributed by atoms with van der Waals surface area (Å²) in [7, 11) is 1.90. The molecule has 1 aliphatic carbocycles. The van der Waals surface area contributed by atoms with Crippen LogP contribution in [0.25, 0.3) is 16.6 Å². The summed E-state index contributed by atoms with van der Waals surface area (Å²) in [5.74, 6) is 0.305. The Kier molecular flexibility index (Phi) is 15.3. The highest BCUT2D eigenvalue weighted by atomic mass is 16.3. The van der Waals surface area contributed by atoms with Crippen LogP contribution in [0.1, 0.15) is 88.5 Å². The molecule has 4 N–H and O–H groups in total. The molecule has 0 saturated heterocycles. The molecule has 5 rings (SSSR count). The smallest absolute Gasteiger partial charge is 0.270 e. The SMILES string of the molecule is CC.CCCCC.CNCc1cc2ccc(CNC(=O)c3cc(=O)n4ccccc4n3)cc2[nH]1.C[C@@H]1C=C[C@H](O)CC1. The first-order valence-corrected chi connectivity index (χ1v) is 15.2. The molecular weight excluding hydrogens is 526 g/mol. The maximum Gasteiger partial charge on any atom is 0.270 e. The number of aliphatic hydroxyl groups excluding tert-OH is 1. The minimum absolute atomic E-state index is 0.114. The zero-order valence-electron chi connectivity index (χ0n) is 26.1. The van der Waals surface area contributed by atoms with Crippen LogP contribution in [0.4, 0.5) is 0 Å². The van der Waals surface area contributed by atoms with Crippen molar-refractivity contribution in [1.29, 1.82) is 0 Å². The van der Waals surface area contributed by atoms with Gasteiger partial charge in [-0.1, -0.05) is 84.2 Å². The normalized spacial score (nSPS) is 15.5. The minimum Gasteiger partial charge on any atom is -0.389 e. The van der Waals surface area contributed by atoms with E-state index in [9.17, 15) is 9.59 Å². The third-order valence-electron chi connectivity index (χ3n) is 6.65. The zero-order valence-corrected chi connectivity index (χ0v) is 26.1. The number of benzene rings is 1. The quantitative estimate of drug-likeness (QED) is 0.191. The van der Waals surface area contributed by atoms with E-state index in [1.807, 2.05) is 45.2 Å². The number of aromatic amines is 1. The first-order valence-electron chi connectivity index (χ1n) is 15.2. The first kappa shape index (κ1) is 34.5. The number of aliphatic hydroxyl groups is 1. The second kappa shape index (κ2) is 18.6. The van der Waals surface area contributed by atoms with E-state index in [4.69, 9.17) is 5.11 Å². The van der Waals surface area contributed by atoms with Gasteiger partial charge in [0.05, 0.1) is 6.10 Å². The monoisotopic (exact) mass is 575 g/mol. The molecular formula is C34H49N5O3. The summed E-state index contributed by atoms with van der Waals surface area (Å²) in [6.45, 7) is 11.7. The van der Waals surface area contributed by atoms with Gasteiger partial charge in [0.2, 0.25) is 0 Å². The van der Waals surface area contributed by atoms with E-state index < -0.39 is 0 Å². The van der Waals surface area contributed by atoms with Crippen molar-refractivity contribution in [2.45, 2.75) is 85.9 Å². The lowest BCUT2D eigenvalue weighted by Gasteiger charge is -2.14. The Balaban J connectivity index is 0.000000339. The molecule has 42 heavy (non-hydrogen) atoms. The Morgan fingerprint density at radius 1 is 1.05 bits per heavy atom. The van der Waals surface area contributed by atoms with Gasteiger partial charge in [-0.3, -0.25) is 14.0 Å². The molecule has 0 radical (unpaired) electrons. The minimum atomic E-state index is -0.374. The average Bonchev–Trinajstić information content (AvgIpc) is 3.41. The van der Waals surface area contributed by atoms with Gasteiger partial charge in [0.15, 0.2) is 0 Å². The molecule has 8 heteroatoms. The summed E-state index contributed by atoms with van der Waals surface area (Å²) in [5, 5.41) is 16.0. The molecule has 1 aromatic carbocycles. The van der Waals surface area contributed by atoms with E-state index in [0.29, 0.717) is 18.1 Å². The third kappa shape index (κ3) is 10.9. The first-order chi connectivity index (χ1) is 20.3. The maximum absolute atomic E-state index is 12.4. The lowest BCUT2D eigenvalue weighted by atomic mass is 9.96. The molecule has 8 nitrogen and oxygen atoms in total. The maximum atomic E-state index is 12.4. The van der Waals surface area contributed by atoms with Crippen LogP contribution < -0.4 is 16.2 Å². The van der Waals surface area contributed by atoms with Crippen LogP contribution in [0.3, 0.4) is 0 Å². The summed E-state index contributed by atoms with van der Waals surface area (Å²) >= 11 is 0. The second-order valence-electron chi connectivity index (χ2n) is 10.2. The summed E-state index contributed by atoms with van der Waals surface area (Å²) < 4.78 is 1.40. The number of amides is 1. The van der Waals surface area contributed by atoms with E-state index in [1.54, 1.807) is 24.4 Å². The molecule has 3 heterocycles. The molecule has 0 unspecified atom stereocenters. The second-order valence-corrected chi connectivity index (χ2v) is 10.2. The molecule has 2 atom stereocenters. The Morgan fingerprint density at radius 2 is 1.81 bits per heavy atom. The van der Waals surface area contributed by atoms with Crippen LogP contribution in [0.5, 0.6) is 0 Å². The lowest BCUT2D eigenvalue weighted by molar-refractivity contribution is 0.0946. The van der Waals surface area contributed by atoms with Crippen LogP contribution in [0.15, 0.2) is 71.7 Å². The van der Waals surface area contributed by atoms with Crippen LogP contribution in [-0.2, 0) is 13.1 Å². The van der Waals surface area contributed by atoms with Gasteiger partial charge < -0.3 is 20.7 Å². The zero-order chi connectivity index (χ0) is 30.9. The Morgan fingerprint density at radius 3 is 2.43 bits per heavy atom. The van der Waals surface area contributed by atoms with Gasteiger partial charge in [-0.25, -0.2) is 4.98 Å². The molecule has 4 aromatic rings. The van der Waals surface area contributed by atoms with Crippen LogP contribution in [0.2, 0.25) is 0 Å². The van der Waals surface area contributed by atoms with E-state index in [2.05, 4.69) is 53.5 Å². The molecule has 1 amide bonds. The number of carbonyl (C=O) groups excluding carboxylic acids is 1. The molecule has 0 bridgehead atoms. The molecule has 228 valence electrons. The van der Waals surface area contributed by atoms with E-state index >= 15 is 0 Å². The summed E-state index contributed by atoms with van der Waals surface area (Å²) in [6.07, 6.45) is 11.6. The highest BCUT2D eigenvalue weighted by molar-refractivity contribution is 5.92. The van der Waals surface area contributed by atoms with Crippen molar-refractivity contribution in [3.8, 4) is 0 Å². The number of fused-ring (bicyclic) bond motifs is 2. The average molecular weight is 576 g/mol. The predicted octanol–water partition coefficient (Wildman–Crippen LogP) is 6.38. The Labute approximate surface area is 250 Å². The van der Waals surface area contributed by atoms with Crippen molar-refractivity contribution >= 4 is 22.5 Å². The fourth-order valence-electron chi connectivity index (χ4n) is 4.37. The van der Waals surface area contributed by atoms with Crippen molar-refractivity contribution in [3.63, 3.8) is 0 Å². The number of carbonyl (C=O) groups is 1. The summed E-state index contributed by atoms with van der Waals surface area (Å²) in [4.78, 5) is 32.2. The van der Waals surface area contributed by atoms with Gasteiger partial charge in [0, 0.05) is 36.6 Å². The van der Waals surface area contributed by atoms with Gasteiger partial charge in [-0.2, -0.15) is 0 Å². The fraction of sp³-hybridized carbons (Fsp3) is 0.441. The van der Waals surface area contributed by atoms with E-state index in [0.717, 1.165) is 41.5 Å². The molecule has 1 aliphatic rings. The number of hydrogen-bond donors (Lipinski definition) is 4. The number of nitrogens with one attached hydrogen (secondary N) is 3.